The molecule has 2 N–H and O–H groups in total. The van der Waals surface area contributed by atoms with Gasteiger partial charge in [0.15, 0.2) is 0 Å². The third-order valence-corrected chi connectivity index (χ3v) is 12.8. The van der Waals surface area contributed by atoms with Gasteiger partial charge >= 0.3 is 12.4 Å². The van der Waals surface area contributed by atoms with Crippen LogP contribution in [0.3, 0.4) is 0 Å². The highest BCUT2D eigenvalue weighted by atomic mass is 35.5. The van der Waals surface area contributed by atoms with Gasteiger partial charge in [0.25, 0.3) is 11.8 Å². The summed E-state index contributed by atoms with van der Waals surface area (Å²) in [7, 11) is 1.44. The number of halogens is 8. The van der Waals surface area contributed by atoms with E-state index >= 15 is 9.59 Å². The van der Waals surface area contributed by atoms with E-state index in [-0.39, 0.29) is 52.4 Å². The Morgan fingerprint density at radius 1 is 0.885 bits per heavy atom. The van der Waals surface area contributed by atoms with E-state index in [1.165, 1.54) is 25.3 Å². The molecule has 2 heterocycles. The third kappa shape index (κ3) is 6.63. The van der Waals surface area contributed by atoms with Crippen LogP contribution in [0.15, 0.2) is 103 Å². The van der Waals surface area contributed by atoms with Crippen LogP contribution in [0.1, 0.15) is 46.6 Å². The highest BCUT2D eigenvalue weighted by Crippen LogP contribution is 2.65. The Morgan fingerprint density at radius 3 is 2.16 bits per heavy atom. The number of fused-ring (bicyclic) bond motifs is 4. The van der Waals surface area contributed by atoms with Crippen LogP contribution in [-0.2, 0) is 43.4 Å². The van der Waals surface area contributed by atoms with Gasteiger partial charge in [-0.3, -0.25) is 24.6 Å². The first-order chi connectivity index (χ1) is 28.8. The lowest BCUT2D eigenvalue weighted by Crippen LogP contribution is -2.53. The van der Waals surface area contributed by atoms with Crippen molar-refractivity contribution in [1.82, 2.24) is 5.01 Å². The molecular formula is C44H33Cl2F6N3O6. The number of carbonyl (C=O) groups is 4. The van der Waals surface area contributed by atoms with E-state index in [9.17, 15) is 41.0 Å². The van der Waals surface area contributed by atoms with Gasteiger partial charge in [-0.05, 0) is 84.8 Å². The number of alkyl halides is 6. The standard InChI is InChI=1S/C44H33Cl2F6N3O6/c1-3-5-21-6-4-7-30(37(21)56)36-28-13-14-29-35(40(59)54(38(29)57)26-17-23(43(47,48)49)16-24(18-26)44(50,51)52)31(28)20-32-39(58)55(53-34-15-10-25(45)19-33(34)46)41(60)42(32,36)22-8-11-27(61-2)12-9-22/h3-4,6-13,15-19,29,31-32,35-36,53,56H,1,5,14,20H2,2H3/t29-,31+,32-,35-,36+,42+/m0/s1. The fraction of sp³-hybridized carbons (Fsp3) is 0.273. The number of nitrogens with zero attached hydrogens (tertiary/aromatic N) is 2. The van der Waals surface area contributed by atoms with Crippen LogP contribution in [0.2, 0.25) is 10.0 Å². The van der Waals surface area contributed by atoms with Gasteiger partial charge in [0.2, 0.25) is 11.8 Å². The third-order valence-electron chi connectivity index (χ3n) is 12.2. The van der Waals surface area contributed by atoms with E-state index in [0.717, 1.165) is 5.01 Å². The molecular weight excluding hydrogens is 851 g/mol. The highest BCUT2D eigenvalue weighted by Gasteiger charge is 2.71. The lowest BCUT2D eigenvalue weighted by molar-refractivity contribution is -0.143. The maximum absolute atomic E-state index is 15.5. The van der Waals surface area contributed by atoms with Crippen molar-refractivity contribution in [2.75, 3.05) is 17.4 Å². The number of phenolic OH excluding ortho intramolecular Hbond substituents is 1. The van der Waals surface area contributed by atoms with Crippen molar-refractivity contribution in [3.63, 3.8) is 0 Å². The number of methoxy groups -OCH3 is 1. The molecule has 0 unspecified atom stereocenters. The second-order valence-electron chi connectivity index (χ2n) is 15.3. The number of ether oxygens (including phenoxy) is 1. The monoisotopic (exact) mass is 883 g/mol. The average Bonchev–Trinajstić information content (AvgIpc) is 3.59. The van der Waals surface area contributed by atoms with Gasteiger partial charge in [-0.25, -0.2) is 4.90 Å². The quantitative estimate of drug-likeness (QED) is 0.103. The van der Waals surface area contributed by atoms with Gasteiger partial charge in [-0.2, -0.15) is 31.4 Å². The Balaban J connectivity index is 1.34. The molecule has 2 aliphatic carbocycles. The molecule has 0 spiro atoms. The van der Waals surface area contributed by atoms with Crippen molar-refractivity contribution >= 4 is 58.2 Å². The largest absolute Gasteiger partial charge is 0.507 e. The zero-order valence-corrected chi connectivity index (χ0v) is 33.3. The fourth-order valence-electron chi connectivity index (χ4n) is 9.67. The molecule has 2 aliphatic heterocycles. The minimum absolute atomic E-state index is 0.0606. The maximum atomic E-state index is 15.5. The van der Waals surface area contributed by atoms with Crippen LogP contribution in [0, 0.1) is 23.7 Å². The van der Waals surface area contributed by atoms with Crippen LogP contribution >= 0.6 is 23.2 Å². The van der Waals surface area contributed by atoms with Crippen molar-refractivity contribution in [3.8, 4) is 11.5 Å². The average molecular weight is 885 g/mol. The topological polar surface area (TPSA) is 116 Å². The summed E-state index contributed by atoms with van der Waals surface area (Å²) in [6, 6.07) is 16.1. The van der Waals surface area contributed by atoms with E-state index in [1.807, 2.05) is 0 Å². The number of rotatable bonds is 8. The van der Waals surface area contributed by atoms with E-state index in [1.54, 1.807) is 54.6 Å². The predicted octanol–water partition coefficient (Wildman–Crippen LogP) is 9.66. The van der Waals surface area contributed by atoms with Gasteiger partial charge in [-0.15, -0.1) is 6.58 Å². The van der Waals surface area contributed by atoms with Crippen LogP contribution in [0.5, 0.6) is 11.5 Å². The van der Waals surface area contributed by atoms with Gasteiger partial charge in [0, 0.05) is 16.5 Å². The molecule has 4 amide bonds. The number of hydrazine groups is 1. The van der Waals surface area contributed by atoms with Crippen LogP contribution in [0.25, 0.3) is 0 Å². The van der Waals surface area contributed by atoms with E-state index in [2.05, 4.69) is 12.0 Å². The molecule has 0 bridgehead atoms. The summed E-state index contributed by atoms with van der Waals surface area (Å²) in [5, 5.41) is 13.2. The van der Waals surface area contributed by atoms with Gasteiger partial charge in [-0.1, -0.05) is 71.3 Å². The molecule has 6 atom stereocenters. The number of benzene rings is 4. The van der Waals surface area contributed by atoms with Gasteiger partial charge in [0.1, 0.15) is 11.5 Å². The molecule has 61 heavy (non-hydrogen) atoms. The zero-order chi connectivity index (χ0) is 43.9. The normalized spacial score (nSPS) is 24.9. The number of para-hydroxylation sites is 1. The molecule has 4 aromatic carbocycles. The summed E-state index contributed by atoms with van der Waals surface area (Å²) in [5.41, 5.74) is -1.95. The van der Waals surface area contributed by atoms with Gasteiger partial charge in [0.05, 0.1) is 57.8 Å². The van der Waals surface area contributed by atoms with Crippen molar-refractivity contribution < 1.29 is 55.4 Å². The summed E-state index contributed by atoms with van der Waals surface area (Å²) in [6.45, 7) is 3.78. The molecule has 4 aromatic rings. The SMILES string of the molecule is C=CCc1cccc([C@H]2C3=CC[C@@H]4C(=O)N(c5cc(C(F)(F)F)cc(C(F)(F)F)c5)C(=O)[C@@H]4[C@@H]3C[C@H]3C(=O)N(Nc4ccc(Cl)cc4Cl)C(=O)[C@@]23c2ccc(OC)cc2)c1O. The van der Waals surface area contributed by atoms with Gasteiger partial charge < -0.3 is 9.84 Å². The Bertz CT molecular complexity index is 2530. The number of hydrogen-bond acceptors (Lipinski definition) is 7. The molecule has 17 heteroatoms. The number of allylic oxidation sites excluding steroid dienone is 3. The molecule has 1 saturated carbocycles. The minimum Gasteiger partial charge on any atom is -0.507 e. The maximum Gasteiger partial charge on any atom is 0.416 e. The zero-order valence-electron chi connectivity index (χ0n) is 31.8. The molecule has 0 aromatic heterocycles. The van der Waals surface area contributed by atoms with E-state index in [0.29, 0.717) is 39.5 Å². The number of imide groups is 2. The fourth-order valence-corrected chi connectivity index (χ4v) is 10.1. The number of aromatic hydroxyl groups is 1. The van der Waals surface area contributed by atoms with Crippen molar-refractivity contribution in [1.29, 1.82) is 0 Å². The summed E-state index contributed by atoms with van der Waals surface area (Å²) in [5.74, 6) is -9.76. The predicted molar refractivity (Wildman–Crippen MR) is 212 cm³/mol. The van der Waals surface area contributed by atoms with Crippen LogP contribution in [0.4, 0.5) is 37.7 Å². The van der Waals surface area contributed by atoms with Crippen LogP contribution in [-0.4, -0.2) is 40.9 Å². The summed E-state index contributed by atoms with van der Waals surface area (Å²) in [6.07, 6.45) is -7.65. The van der Waals surface area contributed by atoms with E-state index in [4.69, 9.17) is 27.9 Å². The first-order valence-electron chi connectivity index (χ1n) is 18.9. The number of nitrogens with one attached hydrogen (secondary N) is 1. The minimum atomic E-state index is -5.27. The lowest BCUT2D eigenvalue weighted by Gasteiger charge is -2.50. The number of phenols is 1. The number of amides is 4. The second kappa shape index (κ2) is 15.0. The van der Waals surface area contributed by atoms with Crippen molar-refractivity contribution in [3.05, 3.63) is 141 Å². The number of hydrogen-bond donors (Lipinski definition) is 2. The van der Waals surface area contributed by atoms with Crippen LogP contribution < -0.4 is 15.1 Å². The molecule has 316 valence electrons. The lowest BCUT2D eigenvalue weighted by atomic mass is 9.49. The second-order valence-corrected chi connectivity index (χ2v) is 16.2. The summed E-state index contributed by atoms with van der Waals surface area (Å²) in [4.78, 5) is 59.7. The van der Waals surface area contributed by atoms with Crippen molar-refractivity contribution in [2.45, 2.75) is 42.9 Å². The summed E-state index contributed by atoms with van der Waals surface area (Å²) < 4.78 is 89.3. The Morgan fingerprint density at radius 2 is 1.56 bits per heavy atom. The Labute approximate surface area is 354 Å². The first kappa shape index (κ1) is 41.9. The van der Waals surface area contributed by atoms with Crippen molar-refractivity contribution in [2.24, 2.45) is 23.7 Å². The van der Waals surface area contributed by atoms with E-state index < -0.39 is 87.8 Å². The first-order valence-corrected chi connectivity index (χ1v) is 19.6. The Kier molecular flexibility index (Phi) is 10.3. The summed E-state index contributed by atoms with van der Waals surface area (Å²) >= 11 is 12.6. The molecule has 9 nitrogen and oxygen atoms in total. The molecule has 2 saturated heterocycles. The highest BCUT2D eigenvalue weighted by molar-refractivity contribution is 6.36. The Hall–Kier alpha value is -5.80. The molecule has 3 fully saturated rings. The molecule has 8 rings (SSSR count). The number of carbonyl (C=O) groups excluding carboxylic acids is 4. The smallest absolute Gasteiger partial charge is 0.416 e. The molecule has 0 radical (unpaired) electrons. The number of anilines is 2. The molecule has 4 aliphatic rings.